The molecule has 0 saturated heterocycles. The van der Waals surface area contributed by atoms with E-state index in [0.717, 1.165) is 18.1 Å². The molecular weight excluding hydrogens is 356 g/mol. The van der Waals surface area contributed by atoms with Crippen molar-refractivity contribution in [2.45, 2.75) is 80.4 Å². The first kappa shape index (κ1) is 24.8. The van der Waals surface area contributed by atoms with Crippen LogP contribution in [0.4, 0.5) is 0 Å². The van der Waals surface area contributed by atoms with Crippen LogP contribution in [0.15, 0.2) is 0 Å². The molecule has 0 aliphatic rings. The van der Waals surface area contributed by atoms with Gasteiger partial charge in [-0.2, -0.15) is 0 Å². The van der Waals surface area contributed by atoms with Crippen LogP contribution in [0.2, 0.25) is 18.1 Å². The summed E-state index contributed by atoms with van der Waals surface area (Å²) in [6, 6.07) is 3.23. The molecule has 0 aromatic carbocycles. The monoisotopic (exact) mass is 398 g/mol. The molecule has 0 unspecified atom stereocenters. The summed E-state index contributed by atoms with van der Waals surface area (Å²) >= 11 is -3.74. The van der Waals surface area contributed by atoms with Crippen LogP contribution in [-0.4, -0.2) is 28.1 Å². The third-order valence-corrected chi connectivity index (χ3v) is 14.2. The Hall–Kier alpha value is 0.771. The maximum absolute atomic E-state index is 6.78. The summed E-state index contributed by atoms with van der Waals surface area (Å²) in [5.74, 6) is 1.31. The van der Waals surface area contributed by atoms with Crippen molar-refractivity contribution in [3.05, 3.63) is 0 Å². The fraction of sp³-hybridized carbons (Fsp3) is 1.00. The molecular formula is C18H42O4SiTi. The van der Waals surface area contributed by atoms with E-state index in [-0.39, 0.29) is 0 Å². The molecule has 0 aromatic rings. The SMILES string of the molecule is CC[Si](CC)(CC)[O][Ti]([O]CC(C)C)([O]CC(C)C)[O]CC(C)C. The van der Waals surface area contributed by atoms with Crippen molar-refractivity contribution in [2.24, 2.45) is 17.8 Å². The van der Waals surface area contributed by atoms with Crippen molar-refractivity contribution in [2.75, 3.05) is 19.8 Å². The van der Waals surface area contributed by atoms with Crippen LogP contribution in [0.3, 0.4) is 0 Å². The Morgan fingerprint density at radius 1 is 0.625 bits per heavy atom. The van der Waals surface area contributed by atoms with E-state index in [4.69, 9.17) is 13.0 Å². The zero-order valence-corrected chi connectivity index (χ0v) is 20.2. The van der Waals surface area contributed by atoms with E-state index < -0.39 is 26.5 Å². The summed E-state index contributed by atoms with van der Waals surface area (Å²) < 4.78 is 25.7. The van der Waals surface area contributed by atoms with E-state index in [9.17, 15) is 0 Å². The molecule has 0 radical (unpaired) electrons. The summed E-state index contributed by atoms with van der Waals surface area (Å²) in [5.41, 5.74) is 0. The van der Waals surface area contributed by atoms with Gasteiger partial charge in [0.1, 0.15) is 0 Å². The van der Waals surface area contributed by atoms with Crippen LogP contribution in [0, 0.1) is 17.8 Å². The molecule has 0 amide bonds. The molecule has 0 rings (SSSR count). The van der Waals surface area contributed by atoms with Crippen molar-refractivity contribution < 1.29 is 31.1 Å². The standard InChI is InChI=1S/C6H15OSi.3C4H9O.Ti/c1-4-8(7,5-2)6-3;3*1-4(2)3-5;/h4-6H2,1-3H3;3*4H,3H2,1-2H3;/q4*-1;+4. The Bertz CT molecular complexity index is 281. The Balaban J connectivity index is 5.47. The van der Waals surface area contributed by atoms with Crippen molar-refractivity contribution >= 4 is 8.32 Å². The van der Waals surface area contributed by atoms with Crippen LogP contribution in [0.1, 0.15) is 62.3 Å². The first-order valence-corrected chi connectivity index (χ1v) is 14.8. The summed E-state index contributed by atoms with van der Waals surface area (Å²) in [7, 11) is -1.86. The molecule has 0 aromatic heterocycles. The zero-order valence-electron chi connectivity index (χ0n) is 17.6. The molecule has 0 saturated carbocycles. The van der Waals surface area contributed by atoms with Crippen molar-refractivity contribution in [3.8, 4) is 0 Å². The topological polar surface area (TPSA) is 36.9 Å². The third-order valence-electron chi connectivity index (χ3n) is 4.05. The Kier molecular flexibility index (Phi) is 12.6. The quantitative estimate of drug-likeness (QED) is 0.345. The minimum absolute atomic E-state index is 0.435. The molecule has 0 fully saturated rings. The fourth-order valence-corrected chi connectivity index (χ4v) is 13.1. The van der Waals surface area contributed by atoms with Gasteiger partial charge in [-0.15, -0.1) is 0 Å². The van der Waals surface area contributed by atoms with E-state index in [2.05, 4.69) is 62.3 Å². The molecule has 0 bridgehead atoms. The summed E-state index contributed by atoms with van der Waals surface area (Å²) in [5, 5.41) is 0. The van der Waals surface area contributed by atoms with E-state index >= 15 is 0 Å². The average molecular weight is 398 g/mol. The van der Waals surface area contributed by atoms with Gasteiger partial charge in [-0.25, -0.2) is 0 Å². The second kappa shape index (κ2) is 12.2. The Morgan fingerprint density at radius 3 is 1.12 bits per heavy atom. The molecule has 0 aliphatic heterocycles. The Labute approximate surface area is 157 Å². The van der Waals surface area contributed by atoms with Crippen LogP contribution in [0.5, 0.6) is 0 Å². The van der Waals surface area contributed by atoms with Crippen LogP contribution >= 0.6 is 0 Å². The van der Waals surface area contributed by atoms with Gasteiger partial charge in [-0.3, -0.25) is 0 Å². The molecule has 4 nitrogen and oxygen atoms in total. The molecule has 0 atom stereocenters. The van der Waals surface area contributed by atoms with Crippen LogP contribution in [-0.2, 0) is 31.1 Å². The zero-order chi connectivity index (χ0) is 18.8. The van der Waals surface area contributed by atoms with E-state index in [1.54, 1.807) is 0 Å². The van der Waals surface area contributed by atoms with Crippen LogP contribution in [0.25, 0.3) is 0 Å². The number of hydrogen-bond acceptors (Lipinski definition) is 4. The van der Waals surface area contributed by atoms with Gasteiger partial charge in [0.05, 0.1) is 0 Å². The molecule has 6 heteroatoms. The van der Waals surface area contributed by atoms with Gasteiger partial charge in [0.2, 0.25) is 0 Å². The van der Waals surface area contributed by atoms with Gasteiger partial charge in [0.25, 0.3) is 0 Å². The van der Waals surface area contributed by atoms with Crippen molar-refractivity contribution in [3.63, 3.8) is 0 Å². The minimum atomic E-state index is -3.74. The van der Waals surface area contributed by atoms with Gasteiger partial charge < -0.3 is 0 Å². The predicted molar refractivity (Wildman–Crippen MR) is 101 cm³/mol. The van der Waals surface area contributed by atoms with Crippen LogP contribution < -0.4 is 0 Å². The summed E-state index contributed by atoms with van der Waals surface area (Å²) in [4.78, 5) is 0. The second-order valence-electron chi connectivity index (χ2n) is 7.96. The van der Waals surface area contributed by atoms with Gasteiger partial charge in [0, 0.05) is 0 Å². The first-order chi connectivity index (χ1) is 11.1. The molecule has 0 N–H and O–H groups in total. The van der Waals surface area contributed by atoms with E-state index in [1.165, 1.54) is 0 Å². The molecule has 24 heavy (non-hydrogen) atoms. The number of rotatable bonds is 14. The summed E-state index contributed by atoms with van der Waals surface area (Å²) in [6.07, 6.45) is 0. The van der Waals surface area contributed by atoms with Gasteiger partial charge >= 0.3 is 157 Å². The second-order valence-corrected chi connectivity index (χ2v) is 16.5. The van der Waals surface area contributed by atoms with E-state index in [0.29, 0.717) is 37.6 Å². The van der Waals surface area contributed by atoms with Crippen molar-refractivity contribution in [1.82, 2.24) is 0 Å². The van der Waals surface area contributed by atoms with Gasteiger partial charge in [0.15, 0.2) is 0 Å². The number of hydrogen-bond donors (Lipinski definition) is 0. The third kappa shape index (κ3) is 9.46. The fourth-order valence-electron chi connectivity index (χ4n) is 2.25. The van der Waals surface area contributed by atoms with Gasteiger partial charge in [-0.05, 0) is 0 Å². The molecule has 0 spiro atoms. The normalized spacial score (nSPS) is 13.5. The maximum atomic E-state index is 6.78. The Morgan fingerprint density at radius 2 is 0.917 bits per heavy atom. The van der Waals surface area contributed by atoms with Gasteiger partial charge in [-0.1, -0.05) is 0 Å². The van der Waals surface area contributed by atoms with Crippen molar-refractivity contribution in [1.29, 1.82) is 0 Å². The molecule has 146 valence electrons. The molecule has 0 aliphatic carbocycles. The van der Waals surface area contributed by atoms with E-state index in [1.807, 2.05) is 0 Å². The average Bonchev–Trinajstić information content (AvgIpc) is 2.53. The molecule has 0 heterocycles. The summed E-state index contributed by atoms with van der Waals surface area (Å²) in [6.45, 7) is 21.5. The first-order valence-electron chi connectivity index (χ1n) is 9.76. The predicted octanol–water partition coefficient (Wildman–Crippen LogP) is 5.84.